The molecule has 1 atom stereocenters. The Morgan fingerprint density at radius 1 is 1.47 bits per heavy atom. The minimum Gasteiger partial charge on any atom is -0.355 e. The van der Waals surface area contributed by atoms with Crippen molar-refractivity contribution in [3.63, 3.8) is 0 Å². The lowest BCUT2D eigenvalue weighted by Crippen LogP contribution is -2.39. The summed E-state index contributed by atoms with van der Waals surface area (Å²) < 4.78 is 0. The van der Waals surface area contributed by atoms with Crippen LogP contribution in [-0.4, -0.2) is 25.0 Å². The first-order chi connectivity index (χ1) is 7.33. The molecule has 1 unspecified atom stereocenters. The highest BCUT2D eigenvalue weighted by atomic mass is 16.1. The summed E-state index contributed by atoms with van der Waals surface area (Å²) in [6.07, 6.45) is 9.94. The number of rotatable bonds is 6. The van der Waals surface area contributed by atoms with E-state index in [4.69, 9.17) is 0 Å². The third-order valence-electron chi connectivity index (χ3n) is 2.67. The van der Waals surface area contributed by atoms with E-state index in [1.807, 2.05) is 0 Å². The molecule has 1 amide bonds. The highest BCUT2D eigenvalue weighted by Gasteiger charge is 2.10. The quantitative estimate of drug-likeness (QED) is 0.516. The van der Waals surface area contributed by atoms with Gasteiger partial charge in [-0.15, -0.1) is 0 Å². The lowest BCUT2D eigenvalue weighted by Gasteiger charge is -2.18. The van der Waals surface area contributed by atoms with Crippen LogP contribution in [0.3, 0.4) is 0 Å². The first kappa shape index (κ1) is 12.2. The van der Waals surface area contributed by atoms with E-state index in [0.29, 0.717) is 12.6 Å². The average molecular weight is 210 g/mol. The van der Waals surface area contributed by atoms with E-state index in [-0.39, 0.29) is 5.91 Å². The van der Waals surface area contributed by atoms with Crippen LogP contribution in [-0.2, 0) is 4.79 Å². The second-order valence-corrected chi connectivity index (χ2v) is 4.07. The van der Waals surface area contributed by atoms with Crippen LogP contribution < -0.4 is 10.6 Å². The molecule has 0 aromatic heterocycles. The highest BCUT2D eigenvalue weighted by Crippen LogP contribution is 2.09. The van der Waals surface area contributed by atoms with Crippen molar-refractivity contribution in [3.8, 4) is 0 Å². The predicted molar refractivity (Wildman–Crippen MR) is 62.7 cm³/mol. The van der Waals surface area contributed by atoms with Gasteiger partial charge in [-0.25, -0.2) is 0 Å². The number of hydrogen-bond donors (Lipinski definition) is 2. The Hall–Kier alpha value is -0.830. The van der Waals surface area contributed by atoms with Crippen molar-refractivity contribution >= 4 is 5.91 Å². The minimum absolute atomic E-state index is 0.123. The lowest BCUT2D eigenvalue weighted by molar-refractivity contribution is -0.120. The largest absolute Gasteiger partial charge is 0.355 e. The van der Waals surface area contributed by atoms with E-state index in [1.165, 1.54) is 0 Å². The van der Waals surface area contributed by atoms with Crippen LogP contribution in [0.15, 0.2) is 12.2 Å². The Kier molecular flexibility index (Phi) is 6.09. The molecule has 2 N–H and O–H groups in total. The SMILES string of the molecule is CCCCNC(=O)CNC1CC=CCC1. The molecular formula is C12H22N2O. The van der Waals surface area contributed by atoms with Crippen molar-refractivity contribution in [2.24, 2.45) is 0 Å². The van der Waals surface area contributed by atoms with E-state index in [0.717, 1.165) is 38.6 Å². The van der Waals surface area contributed by atoms with Crippen LogP contribution >= 0.6 is 0 Å². The van der Waals surface area contributed by atoms with Gasteiger partial charge in [0, 0.05) is 12.6 Å². The molecule has 0 radical (unpaired) electrons. The number of amides is 1. The summed E-state index contributed by atoms with van der Waals surface area (Å²) in [4.78, 5) is 11.4. The molecule has 1 aliphatic rings. The van der Waals surface area contributed by atoms with Crippen molar-refractivity contribution in [3.05, 3.63) is 12.2 Å². The van der Waals surface area contributed by atoms with Crippen LogP contribution in [0.4, 0.5) is 0 Å². The Bertz CT molecular complexity index is 214. The Labute approximate surface area is 92.3 Å². The number of nitrogens with one attached hydrogen (secondary N) is 2. The molecule has 0 saturated carbocycles. The predicted octanol–water partition coefficient (Wildman–Crippen LogP) is 1.60. The topological polar surface area (TPSA) is 41.1 Å². The van der Waals surface area contributed by atoms with Crippen LogP contribution in [0.1, 0.15) is 39.0 Å². The van der Waals surface area contributed by atoms with Gasteiger partial charge in [0.15, 0.2) is 0 Å². The van der Waals surface area contributed by atoms with Crippen molar-refractivity contribution < 1.29 is 4.79 Å². The summed E-state index contributed by atoms with van der Waals surface area (Å²) in [5, 5.41) is 6.19. The van der Waals surface area contributed by atoms with Crippen molar-refractivity contribution in [1.29, 1.82) is 0 Å². The molecule has 0 aromatic carbocycles. The van der Waals surface area contributed by atoms with Gasteiger partial charge in [-0.3, -0.25) is 4.79 Å². The average Bonchev–Trinajstić information content (AvgIpc) is 2.28. The van der Waals surface area contributed by atoms with Gasteiger partial charge < -0.3 is 10.6 Å². The van der Waals surface area contributed by atoms with E-state index in [2.05, 4.69) is 29.7 Å². The van der Waals surface area contributed by atoms with Gasteiger partial charge in [-0.2, -0.15) is 0 Å². The van der Waals surface area contributed by atoms with Gasteiger partial charge in [-0.05, 0) is 25.7 Å². The number of allylic oxidation sites excluding steroid dienone is 1. The number of carbonyl (C=O) groups is 1. The van der Waals surface area contributed by atoms with E-state index < -0.39 is 0 Å². The zero-order valence-corrected chi connectivity index (χ0v) is 9.59. The van der Waals surface area contributed by atoms with Crippen LogP contribution in [0.5, 0.6) is 0 Å². The molecule has 0 bridgehead atoms. The molecule has 1 aliphatic carbocycles. The number of carbonyl (C=O) groups excluding carboxylic acids is 1. The molecule has 86 valence electrons. The molecule has 3 nitrogen and oxygen atoms in total. The molecular weight excluding hydrogens is 188 g/mol. The third-order valence-corrected chi connectivity index (χ3v) is 2.67. The molecule has 3 heteroatoms. The van der Waals surface area contributed by atoms with Gasteiger partial charge in [0.25, 0.3) is 0 Å². The number of hydrogen-bond acceptors (Lipinski definition) is 2. The standard InChI is InChI=1S/C12H22N2O/c1-2-3-9-13-12(15)10-14-11-7-5-4-6-8-11/h4-5,11,14H,2-3,6-10H2,1H3,(H,13,15). The Morgan fingerprint density at radius 3 is 3.00 bits per heavy atom. The second kappa shape index (κ2) is 7.46. The summed E-state index contributed by atoms with van der Waals surface area (Å²) >= 11 is 0. The smallest absolute Gasteiger partial charge is 0.233 e. The summed E-state index contributed by atoms with van der Waals surface area (Å²) in [6, 6.07) is 0.493. The van der Waals surface area contributed by atoms with E-state index in [1.54, 1.807) is 0 Å². The minimum atomic E-state index is 0.123. The zero-order valence-electron chi connectivity index (χ0n) is 9.59. The fourth-order valence-electron chi connectivity index (χ4n) is 1.68. The maximum Gasteiger partial charge on any atom is 0.233 e. The van der Waals surface area contributed by atoms with Gasteiger partial charge in [0.2, 0.25) is 5.91 Å². The zero-order chi connectivity index (χ0) is 10.9. The van der Waals surface area contributed by atoms with Gasteiger partial charge >= 0.3 is 0 Å². The van der Waals surface area contributed by atoms with Crippen molar-refractivity contribution in [2.45, 2.75) is 45.1 Å². The molecule has 0 fully saturated rings. The Morgan fingerprint density at radius 2 is 2.33 bits per heavy atom. The van der Waals surface area contributed by atoms with Crippen LogP contribution in [0.2, 0.25) is 0 Å². The molecule has 0 aliphatic heterocycles. The first-order valence-electron chi connectivity index (χ1n) is 5.98. The van der Waals surface area contributed by atoms with E-state index >= 15 is 0 Å². The molecule has 0 aromatic rings. The maximum absolute atomic E-state index is 11.4. The molecule has 0 heterocycles. The fraction of sp³-hybridized carbons (Fsp3) is 0.750. The second-order valence-electron chi connectivity index (χ2n) is 4.07. The molecule has 0 saturated heterocycles. The Balaban J connectivity index is 2.03. The molecule has 0 spiro atoms. The molecule has 15 heavy (non-hydrogen) atoms. The van der Waals surface area contributed by atoms with Crippen molar-refractivity contribution in [1.82, 2.24) is 10.6 Å². The van der Waals surface area contributed by atoms with Gasteiger partial charge in [-0.1, -0.05) is 25.5 Å². The van der Waals surface area contributed by atoms with E-state index in [9.17, 15) is 4.79 Å². The normalized spacial score (nSPS) is 20.2. The fourth-order valence-corrected chi connectivity index (χ4v) is 1.68. The van der Waals surface area contributed by atoms with Crippen molar-refractivity contribution in [2.75, 3.05) is 13.1 Å². The van der Waals surface area contributed by atoms with Crippen LogP contribution in [0, 0.1) is 0 Å². The summed E-state index contributed by atoms with van der Waals surface area (Å²) in [7, 11) is 0. The summed E-state index contributed by atoms with van der Waals surface area (Å²) in [5.74, 6) is 0.123. The molecule has 1 rings (SSSR count). The maximum atomic E-state index is 11.4. The van der Waals surface area contributed by atoms with Crippen LogP contribution in [0.25, 0.3) is 0 Å². The van der Waals surface area contributed by atoms with Gasteiger partial charge in [0.05, 0.1) is 6.54 Å². The highest BCUT2D eigenvalue weighted by molar-refractivity contribution is 5.77. The summed E-state index contributed by atoms with van der Waals surface area (Å²) in [5.41, 5.74) is 0. The summed E-state index contributed by atoms with van der Waals surface area (Å²) in [6.45, 7) is 3.39. The lowest BCUT2D eigenvalue weighted by atomic mass is 10.0. The number of unbranched alkanes of at least 4 members (excludes halogenated alkanes) is 1. The first-order valence-corrected chi connectivity index (χ1v) is 5.98. The monoisotopic (exact) mass is 210 g/mol. The van der Waals surface area contributed by atoms with Gasteiger partial charge in [0.1, 0.15) is 0 Å². The third kappa shape index (κ3) is 5.57.